The maximum atomic E-state index is 12.3. The number of halogens is 2. The molecule has 0 unspecified atom stereocenters. The number of nitrogens with one attached hydrogen (secondary N) is 1. The molecule has 150 valence electrons. The summed E-state index contributed by atoms with van der Waals surface area (Å²) in [5.74, 6) is 0.650. The predicted octanol–water partition coefficient (Wildman–Crippen LogP) is 5.64. The minimum Gasteiger partial charge on any atom is -0.489 e. The summed E-state index contributed by atoms with van der Waals surface area (Å²) < 4.78 is 5.76. The second-order valence-corrected chi connectivity index (χ2v) is 7.60. The van der Waals surface area contributed by atoms with Gasteiger partial charge >= 0.3 is 0 Å². The Morgan fingerprint density at radius 1 is 1.00 bits per heavy atom. The van der Waals surface area contributed by atoms with E-state index in [0.717, 1.165) is 22.6 Å². The molecule has 0 fully saturated rings. The first-order valence-corrected chi connectivity index (χ1v) is 9.94. The monoisotopic (exact) mass is 428 g/mol. The molecule has 0 saturated heterocycles. The maximum Gasteiger partial charge on any atom is 0.238 e. The Morgan fingerprint density at radius 3 is 2.41 bits per heavy atom. The van der Waals surface area contributed by atoms with E-state index < -0.39 is 0 Å². The lowest BCUT2D eigenvalue weighted by molar-refractivity contribution is -0.117. The summed E-state index contributed by atoms with van der Waals surface area (Å²) in [6.45, 7) is 1.30. The summed E-state index contributed by atoms with van der Waals surface area (Å²) in [6.07, 6.45) is 0. The first kappa shape index (κ1) is 21.2. The van der Waals surface area contributed by atoms with Crippen molar-refractivity contribution in [2.75, 3.05) is 18.9 Å². The van der Waals surface area contributed by atoms with Gasteiger partial charge in [-0.25, -0.2) is 0 Å². The molecule has 0 aliphatic carbocycles. The van der Waals surface area contributed by atoms with E-state index in [2.05, 4.69) is 5.32 Å². The van der Waals surface area contributed by atoms with Crippen molar-refractivity contribution in [3.63, 3.8) is 0 Å². The number of rotatable bonds is 8. The Labute approximate surface area is 181 Å². The van der Waals surface area contributed by atoms with Gasteiger partial charge in [0.15, 0.2) is 0 Å². The van der Waals surface area contributed by atoms with Crippen LogP contribution in [0.25, 0.3) is 0 Å². The van der Waals surface area contributed by atoms with Crippen LogP contribution in [0.4, 0.5) is 5.69 Å². The topological polar surface area (TPSA) is 41.6 Å². The second-order valence-electron chi connectivity index (χ2n) is 6.75. The first-order chi connectivity index (χ1) is 14.0. The predicted molar refractivity (Wildman–Crippen MR) is 119 cm³/mol. The van der Waals surface area contributed by atoms with E-state index in [1.54, 1.807) is 12.1 Å². The molecule has 4 nitrogen and oxygen atoms in total. The maximum absolute atomic E-state index is 12.3. The van der Waals surface area contributed by atoms with E-state index in [9.17, 15) is 4.79 Å². The molecule has 0 bridgehead atoms. The van der Waals surface area contributed by atoms with Crippen molar-refractivity contribution in [3.8, 4) is 5.75 Å². The van der Waals surface area contributed by atoms with Gasteiger partial charge in [0, 0.05) is 22.3 Å². The summed E-state index contributed by atoms with van der Waals surface area (Å²) >= 11 is 12.1. The second kappa shape index (κ2) is 10.3. The van der Waals surface area contributed by atoms with E-state index in [1.807, 2.05) is 72.6 Å². The van der Waals surface area contributed by atoms with Gasteiger partial charge in [-0.15, -0.1) is 0 Å². The Balaban J connectivity index is 1.47. The van der Waals surface area contributed by atoms with Gasteiger partial charge < -0.3 is 10.1 Å². The largest absolute Gasteiger partial charge is 0.489 e. The molecule has 1 N–H and O–H groups in total. The van der Waals surface area contributed by atoms with Crippen LogP contribution in [-0.2, 0) is 17.9 Å². The SMILES string of the molecule is CN(CC(=O)Nc1ccc(OCc2ccccc2)cc1)Cc1ccc(Cl)cc1Cl. The fourth-order valence-corrected chi connectivity index (χ4v) is 3.29. The molecule has 1 amide bonds. The zero-order valence-electron chi connectivity index (χ0n) is 16.1. The number of nitrogens with zero attached hydrogens (tertiary/aromatic N) is 1. The average molecular weight is 429 g/mol. The number of hydrogen-bond acceptors (Lipinski definition) is 3. The number of anilines is 1. The summed E-state index contributed by atoms with van der Waals surface area (Å²) in [4.78, 5) is 14.2. The Hall–Kier alpha value is -2.53. The number of carbonyl (C=O) groups excluding carboxylic acids is 1. The summed E-state index contributed by atoms with van der Waals surface area (Å²) in [7, 11) is 1.87. The molecule has 0 aromatic heterocycles. The van der Waals surface area contributed by atoms with E-state index in [-0.39, 0.29) is 12.5 Å². The quantitative estimate of drug-likeness (QED) is 0.504. The molecule has 6 heteroatoms. The van der Waals surface area contributed by atoms with Crippen LogP contribution < -0.4 is 10.1 Å². The minimum absolute atomic E-state index is 0.101. The standard InChI is InChI=1S/C23H22Cl2N2O2/c1-27(14-18-7-8-19(24)13-22(18)25)15-23(28)26-20-9-11-21(12-10-20)29-16-17-5-3-2-4-6-17/h2-13H,14-16H2,1H3,(H,26,28). The van der Waals surface area contributed by atoms with Gasteiger partial charge in [0.05, 0.1) is 6.54 Å². The molecular formula is C23H22Cl2N2O2. The number of carbonyl (C=O) groups is 1. The number of benzene rings is 3. The Bertz CT molecular complexity index is 947. The molecule has 0 radical (unpaired) electrons. The molecule has 0 aliphatic rings. The van der Waals surface area contributed by atoms with Gasteiger partial charge in [-0.3, -0.25) is 9.69 Å². The normalized spacial score (nSPS) is 10.8. The number of likely N-dealkylation sites (N-methyl/N-ethyl adjacent to an activating group) is 1. The van der Waals surface area contributed by atoms with Crippen molar-refractivity contribution >= 4 is 34.8 Å². The molecule has 3 rings (SSSR count). The highest BCUT2D eigenvalue weighted by molar-refractivity contribution is 6.35. The molecule has 3 aromatic carbocycles. The molecular weight excluding hydrogens is 407 g/mol. The third kappa shape index (κ3) is 6.79. The van der Waals surface area contributed by atoms with Crippen LogP contribution in [-0.4, -0.2) is 24.4 Å². The van der Waals surface area contributed by atoms with Crippen molar-refractivity contribution in [1.82, 2.24) is 4.90 Å². The lowest BCUT2D eigenvalue weighted by atomic mass is 10.2. The van der Waals surface area contributed by atoms with Crippen LogP contribution in [0.15, 0.2) is 72.8 Å². The highest BCUT2D eigenvalue weighted by Crippen LogP contribution is 2.22. The van der Waals surface area contributed by atoms with E-state index in [4.69, 9.17) is 27.9 Å². The first-order valence-electron chi connectivity index (χ1n) is 9.19. The Kier molecular flexibility index (Phi) is 7.53. The molecule has 0 spiro atoms. The van der Waals surface area contributed by atoms with Gasteiger partial charge in [0.2, 0.25) is 5.91 Å². The lowest BCUT2D eigenvalue weighted by Crippen LogP contribution is -2.29. The zero-order chi connectivity index (χ0) is 20.6. The summed E-state index contributed by atoms with van der Waals surface area (Å²) in [5.41, 5.74) is 2.75. The highest BCUT2D eigenvalue weighted by Gasteiger charge is 2.10. The lowest BCUT2D eigenvalue weighted by Gasteiger charge is -2.17. The van der Waals surface area contributed by atoms with Crippen LogP contribution in [0.1, 0.15) is 11.1 Å². The third-order valence-electron chi connectivity index (χ3n) is 4.26. The van der Waals surface area contributed by atoms with Crippen molar-refractivity contribution in [2.45, 2.75) is 13.2 Å². The van der Waals surface area contributed by atoms with Gasteiger partial charge in [0.25, 0.3) is 0 Å². The number of ether oxygens (including phenoxy) is 1. The molecule has 0 aliphatic heterocycles. The van der Waals surface area contributed by atoms with Crippen LogP contribution in [0.2, 0.25) is 10.0 Å². The fraction of sp³-hybridized carbons (Fsp3) is 0.174. The van der Waals surface area contributed by atoms with E-state index >= 15 is 0 Å². The van der Waals surface area contributed by atoms with Gasteiger partial charge in [-0.2, -0.15) is 0 Å². The van der Waals surface area contributed by atoms with Gasteiger partial charge in [-0.1, -0.05) is 59.6 Å². The molecule has 0 heterocycles. The summed E-state index contributed by atoms with van der Waals surface area (Å²) in [6, 6.07) is 22.7. The molecule has 0 atom stereocenters. The van der Waals surface area contributed by atoms with Crippen LogP contribution in [0.5, 0.6) is 5.75 Å². The summed E-state index contributed by atoms with van der Waals surface area (Å²) in [5, 5.41) is 4.08. The zero-order valence-corrected chi connectivity index (χ0v) is 17.6. The molecule has 0 saturated carbocycles. The van der Waals surface area contributed by atoms with Crippen molar-refractivity contribution < 1.29 is 9.53 Å². The van der Waals surface area contributed by atoms with Crippen LogP contribution in [0, 0.1) is 0 Å². The third-order valence-corrected chi connectivity index (χ3v) is 4.84. The van der Waals surface area contributed by atoms with E-state index in [0.29, 0.717) is 23.2 Å². The Morgan fingerprint density at radius 2 is 1.72 bits per heavy atom. The fourth-order valence-electron chi connectivity index (χ4n) is 2.82. The van der Waals surface area contributed by atoms with Crippen LogP contribution >= 0.6 is 23.2 Å². The average Bonchev–Trinajstić information content (AvgIpc) is 2.70. The minimum atomic E-state index is -0.101. The van der Waals surface area contributed by atoms with Gasteiger partial charge in [-0.05, 0) is 54.6 Å². The molecule has 29 heavy (non-hydrogen) atoms. The van der Waals surface area contributed by atoms with Gasteiger partial charge in [0.1, 0.15) is 12.4 Å². The molecule has 3 aromatic rings. The van der Waals surface area contributed by atoms with Crippen molar-refractivity contribution in [2.24, 2.45) is 0 Å². The van der Waals surface area contributed by atoms with E-state index in [1.165, 1.54) is 0 Å². The van der Waals surface area contributed by atoms with Crippen molar-refractivity contribution in [1.29, 1.82) is 0 Å². The van der Waals surface area contributed by atoms with Crippen LogP contribution in [0.3, 0.4) is 0 Å². The number of hydrogen-bond donors (Lipinski definition) is 1. The number of amides is 1. The highest BCUT2D eigenvalue weighted by atomic mass is 35.5. The smallest absolute Gasteiger partial charge is 0.238 e. The van der Waals surface area contributed by atoms with Crippen molar-refractivity contribution in [3.05, 3.63) is 94.0 Å².